The first-order valence-corrected chi connectivity index (χ1v) is 8.79. The third-order valence-corrected chi connectivity index (χ3v) is 4.79. The van der Waals surface area contributed by atoms with Crippen molar-refractivity contribution in [1.82, 2.24) is 9.88 Å². The molecule has 1 aromatic carbocycles. The van der Waals surface area contributed by atoms with Gasteiger partial charge >= 0.3 is 12.0 Å². The Morgan fingerprint density at radius 3 is 2.88 bits per heavy atom. The van der Waals surface area contributed by atoms with Crippen molar-refractivity contribution in [2.75, 3.05) is 12.4 Å². The van der Waals surface area contributed by atoms with Crippen LogP contribution in [0.3, 0.4) is 0 Å². The topological polar surface area (TPSA) is 71.5 Å². The maximum absolute atomic E-state index is 13.2. The standard InChI is InChI=1S/C16H15ClFN3O3S/c1-24-15(22)13-8-25-14(20-13)7-21(10-3-4-10)16(23)19-9-2-5-12(18)11(17)6-9/h2,5-6,8,10H,3-4,7H2,1H3,(H,19,23). The zero-order chi connectivity index (χ0) is 18.0. The Morgan fingerprint density at radius 2 is 2.24 bits per heavy atom. The molecule has 25 heavy (non-hydrogen) atoms. The number of hydrogen-bond donors (Lipinski definition) is 1. The first kappa shape index (κ1) is 17.6. The summed E-state index contributed by atoms with van der Waals surface area (Å²) in [4.78, 5) is 29.9. The number of amides is 2. The molecule has 1 N–H and O–H groups in total. The fourth-order valence-corrected chi connectivity index (χ4v) is 3.19. The van der Waals surface area contributed by atoms with E-state index in [1.54, 1.807) is 10.3 Å². The number of methoxy groups -OCH3 is 1. The monoisotopic (exact) mass is 383 g/mol. The van der Waals surface area contributed by atoms with E-state index in [1.807, 2.05) is 0 Å². The predicted octanol–water partition coefficient (Wildman–Crippen LogP) is 3.92. The Balaban J connectivity index is 1.70. The van der Waals surface area contributed by atoms with E-state index in [0.29, 0.717) is 10.7 Å². The van der Waals surface area contributed by atoms with Gasteiger partial charge in [-0.3, -0.25) is 0 Å². The summed E-state index contributed by atoms with van der Waals surface area (Å²) in [6.07, 6.45) is 1.82. The second-order valence-electron chi connectivity index (χ2n) is 5.54. The van der Waals surface area contributed by atoms with Gasteiger partial charge < -0.3 is 15.0 Å². The van der Waals surface area contributed by atoms with Gasteiger partial charge in [-0.05, 0) is 31.0 Å². The molecular weight excluding hydrogens is 369 g/mol. The number of rotatable bonds is 5. The largest absolute Gasteiger partial charge is 0.464 e. The van der Waals surface area contributed by atoms with E-state index in [-0.39, 0.29) is 29.3 Å². The molecule has 3 rings (SSSR count). The molecular formula is C16H15ClFN3O3S. The maximum atomic E-state index is 13.2. The third-order valence-electron chi connectivity index (χ3n) is 3.67. The summed E-state index contributed by atoms with van der Waals surface area (Å²) in [5.74, 6) is -1.05. The molecule has 1 aliphatic carbocycles. The minimum Gasteiger partial charge on any atom is -0.464 e. The lowest BCUT2D eigenvalue weighted by Gasteiger charge is -2.21. The highest BCUT2D eigenvalue weighted by atomic mass is 35.5. The van der Waals surface area contributed by atoms with Gasteiger partial charge in [-0.25, -0.2) is 19.0 Å². The average Bonchev–Trinajstić information content (AvgIpc) is 3.33. The molecule has 1 fully saturated rings. The van der Waals surface area contributed by atoms with E-state index in [2.05, 4.69) is 15.0 Å². The number of benzene rings is 1. The zero-order valence-electron chi connectivity index (χ0n) is 13.3. The van der Waals surface area contributed by atoms with Crippen molar-refractivity contribution in [3.63, 3.8) is 0 Å². The van der Waals surface area contributed by atoms with Crippen LogP contribution in [0.15, 0.2) is 23.6 Å². The summed E-state index contributed by atoms with van der Waals surface area (Å²) in [5, 5.41) is 4.90. The van der Waals surface area contributed by atoms with Crippen LogP contribution >= 0.6 is 22.9 Å². The van der Waals surface area contributed by atoms with E-state index in [4.69, 9.17) is 11.6 Å². The van der Waals surface area contributed by atoms with Crippen molar-refractivity contribution in [3.05, 3.63) is 45.1 Å². The van der Waals surface area contributed by atoms with Crippen molar-refractivity contribution in [2.45, 2.75) is 25.4 Å². The van der Waals surface area contributed by atoms with Gasteiger partial charge in [-0.2, -0.15) is 0 Å². The number of carbonyl (C=O) groups excluding carboxylic acids is 2. The minimum atomic E-state index is -0.545. The number of urea groups is 1. The van der Waals surface area contributed by atoms with Gasteiger partial charge in [-0.1, -0.05) is 11.6 Å². The van der Waals surface area contributed by atoms with Crippen LogP contribution in [0.5, 0.6) is 0 Å². The normalized spacial score (nSPS) is 13.4. The van der Waals surface area contributed by atoms with E-state index in [0.717, 1.165) is 12.8 Å². The molecule has 9 heteroatoms. The molecule has 0 unspecified atom stereocenters. The van der Waals surface area contributed by atoms with Crippen LogP contribution in [0.1, 0.15) is 28.3 Å². The second-order valence-corrected chi connectivity index (χ2v) is 6.89. The smallest absolute Gasteiger partial charge is 0.357 e. The first-order valence-electron chi connectivity index (χ1n) is 7.53. The quantitative estimate of drug-likeness (QED) is 0.794. The number of halogens is 2. The average molecular weight is 384 g/mol. The Labute approximate surface area is 152 Å². The van der Waals surface area contributed by atoms with Gasteiger partial charge in [0, 0.05) is 17.1 Å². The molecule has 0 atom stereocenters. The van der Waals surface area contributed by atoms with E-state index < -0.39 is 11.8 Å². The summed E-state index contributed by atoms with van der Waals surface area (Å²) in [7, 11) is 1.29. The van der Waals surface area contributed by atoms with E-state index >= 15 is 0 Å². The van der Waals surface area contributed by atoms with Gasteiger partial charge in [0.15, 0.2) is 5.69 Å². The van der Waals surface area contributed by atoms with Gasteiger partial charge in [0.05, 0.1) is 18.7 Å². The highest BCUT2D eigenvalue weighted by molar-refractivity contribution is 7.09. The van der Waals surface area contributed by atoms with Crippen LogP contribution in [-0.2, 0) is 11.3 Å². The molecule has 2 aromatic rings. The number of anilines is 1. The molecule has 0 spiro atoms. The van der Waals surface area contributed by atoms with Crippen molar-refractivity contribution in [2.24, 2.45) is 0 Å². The maximum Gasteiger partial charge on any atom is 0.357 e. The molecule has 1 aromatic heterocycles. The fraction of sp³-hybridized carbons (Fsp3) is 0.312. The molecule has 6 nitrogen and oxygen atoms in total. The third kappa shape index (κ3) is 4.26. The molecule has 2 amide bonds. The molecule has 0 saturated heterocycles. The van der Waals surface area contributed by atoms with Crippen LogP contribution in [0.4, 0.5) is 14.9 Å². The summed E-state index contributed by atoms with van der Waals surface area (Å²) >= 11 is 7.03. The number of ether oxygens (including phenoxy) is 1. The Bertz CT molecular complexity index is 810. The predicted molar refractivity (Wildman–Crippen MR) is 92.4 cm³/mol. The van der Waals surface area contributed by atoms with Crippen LogP contribution in [0.25, 0.3) is 0 Å². The van der Waals surface area contributed by atoms with Crippen molar-refractivity contribution >= 4 is 40.6 Å². The number of carbonyl (C=O) groups is 2. The van der Waals surface area contributed by atoms with Gasteiger partial charge in [0.1, 0.15) is 10.8 Å². The second kappa shape index (κ2) is 7.37. The van der Waals surface area contributed by atoms with Crippen LogP contribution in [0.2, 0.25) is 5.02 Å². The van der Waals surface area contributed by atoms with Gasteiger partial charge in [0.2, 0.25) is 0 Å². The molecule has 1 saturated carbocycles. The van der Waals surface area contributed by atoms with Crippen LogP contribution in [-0.4, -0.2) is 35.0 Å². The lowest BCUT2D eigenvalue weighted by molar-refractivity contribution is 0.0594. The number of esters is 1. The number of thiazole rings is 1. The SMILES string of the molecule is COC(=O)c1csc(CN(C(=O)Nc2ccc(F)c(Cl)c2)C2CC2)n1. The molecule has 0 radical (unpaired) electrons. The Kier molecular flexibility index (Phi) is 5.19. The van der Waals surface area contributed by atoms with E-state index in [9.17, 15) is 14.0 Å². The minimum absolute atomic E-state index is 0.0570. The van der Waals surface area contributed by atoms with Crippen LogP contribution in [0, 0.1) is 5.82 Å². The zero-order valence-corrected chi connectivity index (χ0v) is 14.9. The van der Waals surface area contributed by atoms with E-state index in [1.165, 1.54) is 36.6 Å². The van der Waals surface area contributed by atoms with Crippen LogP contribution < -0.4 is 5.32 Å². The van der Waals surface area contributed by atoms with Crippen molar-refractivity contribution in [1.29, 1.82) is 0 Å². The summed E-state index contributed by atoms with van der Waals surface area (Å²) < 4.78 is 17.8. The number of nitrogens with one attached hydrogen (secondary N) is 1. The molecule has 1 aliphatic rings. The Hall–Kier alpha value is -2.19. The van der Waals surface area contributed by atoms with Crippen molar-refractivity contribution in [3.8, 4) is 0 Å². The Morgan fingerprint density at radius 1 is 1.48 bits per heavy atom. The highest BCUT2D eigenvalue weighted by Gasteiger charge is 2.33. The molecule has 0 bridgehead atoms. The first-order chi connectivity index (χ1) is 12.0. The molecule has 0 aliphatic heterocycles. The highest BCUT2D eigenvalue weighted by Crippen LogP contribution is 2.30. The van der Waals surface area contributed by atoms with Gasteiger partial charge in [-0.15, -0.1) is 11.3 Å². The molecule has 1 heterocycles. The van der Waals surface area contributed by atoms with Gasteiger partial charge in [0.25, 0.3) is 0 Å². The fourth-order valence-electron chi connectivity index (χ4n) is 2.25. The lowest BCUT2D eigenvalue weighted by Crippen LogP contribution is -2.36. The summed E-state index contributed by atoms with van der Waals surface area (Å²) in [5.41, 5.74) is 0.639. The summed E-state index contributed by atoms with van der Waals surface area (Å²) in [6, 6.07) is 3.81. The molecule has 132 valence electrons. The van der Waals surface area contributed by atoms with Crippen molar-refractivity contribution < 1.29 is 18.7 Å². The summed E-state index contributed by atoms with van der Waals surface area (Å²) in [6.45, 7) is 0.285. The number of nitrogens with zero attached hydrogens (tertiary/aromatic N) is 2. The lowest BCUT2D eigenvalue weighted by atomic mass is 10.3. The number of aromatic nitrogens is 1. The number of hydrogen-bond acceptors (Lipinski definition) is 5.